The number of benzene rings is 4. The Kier molecular flexibility index (Phi) is 7.34. The van der Waals surface area contributed by atoms with Crippen molar-refractivity contribution in [2.24, 2.45) is 0 Å². The van der Waals surface area contributed by atoms with Gasteiger partial charge in [-0.2, -0.15) is 13.2 Å². The van der Waals surface area contributed by atoms with Crippen LogP contribution in [0.4, 0.5) is 13.2 Å². The van der Waals surface area contributed by atoms with E-state index in [1.165, 1.54) is 12.1 Å². The van der Waals surface area contributed by atoms with E-state index in [-0.39, 0.29) is 0 Å². The molecule has 0 aliphatic heterocycles. The molecule has 0 unspecified atom stereocenters. The normalized spacial score (nSPS) is 10.9. The molecule has 1 radical (unpaired) electrons. The van der Waals surface area contributed by atoms with Crippen LogP contribution in [0.15, 0.2) is 103 Å². The maximum Gasteiger partial charge on any atom is 0.416 e. The van der Waals surface area contributed by atoms with Crippen LogP contribution in [0.5, 0.6) is 5.75 Å². The van der Waals surface area contributed by atoms with E-state index in [9.17, 15) is 13.2 Å². The zero-order valence-corrected chi connectivity index (χ0v) is 18.3. The minimum absolute atomic E-state index is 0.522. The summed E-state index contributed by atoms with van der Waals surface area (Å²) in [5.74, 6) is 7.10. The van der Waals surface area contributed by atoms with E-state index in [1.54, 1.807) is 0 Å². The van der Waals surface area contributed by atoms with Crippen LogP contribution in [0.2, 0.25) is 0 Å². The molecule has 0 atom stereocenters. The van der Waals surface area contributed by atoms with Gasteiger partial charge in [-0.25, -0.2) is 0 Å². The van der Waals surface area contributed by atoms with E-state index in [0.717, 1.165) is 45.7 Å². The molecular formula is C30H22F3O. The molecule has 0 bridgehead atoms. The molecule has 0 saturated heterocycles. The van der Waals surface area contributed by atoms with Crippen LogP contribution < -0.4 is 4.74 Å². The van der Waals surface area contributed by atoms with Gasteiger partial charge in [0.05, 0.1) is 5.56 Å². The highest BCUT2D eigenvalue weighted by molar-refractivity contribution is 5.45. The molecule has 0 heterocycles. The van der Waals surface area contributed by atoms with Gasteiger partial charge in [-0.1, -0.05) is 66.4 Å². The Morgan fingerprint density at radius 3 is 1.82 bits per heavy atom. The first-order valence-corrected chi connectivity index (χ1v) is 10.8. The summed E-state index contributed by atoms with van der Waals surface area (Å²) in [6.07, 6.45) is -1.78. The Bertz CT molecular complexity index is 1250. The summed E-state index contributed by atoms with van der Waals surface area (Å²) >= 11 is 0. The molecule has 0 amide bonds. The van der Waals surface area contributed by atoms with Crippen molar-refractivity contribution < 1.29 is 17.9 Å². The lowest BCUT2D eigenvalue weighted by molar-refractivity contribution is -0.137. The van der Waals surface area contributed by atoms with Crippen molar-refractivity contribution in [2.75, 3.05) is 0 Å². The smallest absolute Gasteiger partial charge is 0.416 e. The zero-order chi connectivity index (χ0) is 23.8. The number of halogens is 3. The number of rotatable bonds is 6. The summed E-state index contributed by atoms with van der Waals surface area (Å²) in [7, 11) is 0. The van der Waals surface area contributed by atoms with Gasteiger partial charge in [0.15, 0.2) is 0 Å². The predicted octanol–water partition coefficient (Wildman–Crippen LogP) is 7.48. The second kappa shape index (κ2) is 10.8. The van der Waals surface area contributed by atoms with Crippen LogP contribution in [0.25, 0.3) is 0 Å². The molecule has 0 N–H and O–H groups in total. The lowest BCUT2D eigenvalue weighted by Crippen LogP contribution is -2.04. The molecular weight excluding hydrogens is 433 g/mol. The fourth-order valence-electron chi connectivity index (χ4n) is 3.29. The van der Waals surface area contributed by atoms with E-state index in [4.69, 9.17) is 4.74 Å². The molecule has 4 aromatic rings. The second-order valence-electron chi connectivity index (χ2n) is 7.77. The lowest BCUT2D eigenvalue weighted by atomic mass is 10.0. The van der Waals surface area contributed by atoms with Crippen LogP contribution in [-0.4, -0.2) is 0 Å². The molecule has 34 heavy (non-hydrogen) atoms. The molecule has 4 rings (SSSR count). The molecule has 0 spiro atoms. The number of hydrogen-bond acceptors (Lipinski definition) is 1. The maximum absolute atomic E-state index is 12.7. The third-order valence-corrected chi connectivity index (χ3v) is 5.22. The monoisotopic (exact) mass is 455 g/mol. The molecule has 0 aliphatic carbocycles. The Morgan fingerprint density at radius 1 is 0.647 bits per heavy atom. The highest BCUT2D eigenvalue weighted by atomic mass is 19.4. The van der Waals surface area contributed by atoms with Gasteiger partial charge in [-0.15, -0.1) is 0 Å². The maximum atomic E-state index is 12.7. The molecule has 0 saturated carbocycles. The summed E-state index contributed by atoms with van der Waals surface area (Å²) in [6.45, 7) is 0.522. The van der Waals surface area contributed by atoms with E-state index in [0.29, 0.717) is 13.0 Å². The van der Waals surface area contributed by atoms with Gasteiger partial charge in [0.2, 0.25) is 0 Å². The van der Waals surface area contributed by atoms with E-state index in [1.807, 2.05) is 85.3 Å². The second-order valence-corrected chi connectivity index (χ2v) is 7.77. The van der Waals surface area contributed by atoms with Gasteiger partial charge >= 0.3 is 6.18 Å². The van der Waals surface area contributed by atoms with Gasteiger partial charge in [0, 0.05) is 11.1 Å². The third-order valence-electron chi connectivity index (χ3n) is 5.22. The quantitative estimate of drug-likeness (QED) is 0.274. The van der Waals surface area contributed by atoms with Crippen molar-refractivity contribution in [3.8, 4) is 17.6 Å². The van der Waals surface area contributed by atoms with Gasteiger partial charge in [0.1, 0.15) is 12.4 Å². The van der Waals surface area contributed by atoms with E-state index in [2.05, 4.69) is 11.8 Å². The average Bonchev–Trinajstić information content (AvgIpc) is 2.86. The standard InChI is InChI=1S/C30H22F3O/c31-30(32,33)28-18-14-25(15-19-28)12-10-23-6-8-24(9-7-23)11-13-26-16-20-29(21-17-26)34-22-27-4-2-1-3-5-27/h1-9,12,14-21H,10,22H2. The lowest BCUT2D eigenvalue weighted by Gasteiger charge is -2.07. The average molecular weight is 455 g/mol. The van der Waals surface area contributed by atoms with Crippen LogP contribution in [-0.2, 0) is 19.2 Å². The molecule has 4 heteroatoms. The molecule has 4 aromatic carbocycles. The van der Waals surface area contributed by atoms with Crippen LogP contribution in [0.1, 0.15) is 33.4 Å². The zero-order valence-electron chi connectivity index (χ0n) is 18.3. The van der Waals surface area contributed by atoms with Crippen LogP contribution in [0, 0.1) is 18.3 Å². The SMILES string of the molecule is FC(F)(F)c1ccc([CH]Cc2ccc(C#Cc3ccc(OCc4ccccc4)cc3)cc2)cc1. The van der Waals surface area contributed by atoms with Crippen molar-refractivity contribution >= 4 is 0 Å². The van der Waals surface area contributed by atoms with Crippen LogP contribution >= 0.6 is 0 Å². The van der Waals surface area contributed by atoms with Crippen molar-refractivity contribution in [2.45, 2.75) is 19.2 Å². The summed E-state index contributed by atoms with van der Waals surface area (Å²) < 4.78 is 43.8. The summed E-state index contributed by atoms with van der Waals surface area (Å²) in [5.41, 5.74) is 4.08. The van der Waals surface area contributed by atoms with Crippen molar-refractivity contribution in [3.63, 3.8) is 0 Å². The fourth-order valence-corrected chi connectivity index (χ4v) is 3.29. The molecule has 0 aliphatic rings. The van der Waals surface area contributed by atoms with E-state index < -0.39 is 11.7 Å². The minimum Gasteiger partial charge on any atom is -0.489 e. The van der Waals surface area contributed by atoms with Gasteiger partial charge in [0.25, 0.3) is 0 Å². The Balaban J connectivity index is 1.28. The minimum atomic E-state index is -4.31. The van der Waals surface area contributed by atoms with Gasteiger partial charge < -0.3 is 4.74 Å². The third kappa shape index (κ3) is 6.76. The first-order chi connectivity index (χ1) is 16.5. The Morgan fingerprint density at radius 2 is 1.24 bits per heavy atom. The van der Waals surface area contributed by atoms with Crippen molar-refractivity contribution in [1.82, 2.24) is 0 Å². The highest BCUT2D eigenvalue weighted by Crippen LogP contribution is 2.29. The molecule has 0 fully saturated rings. The predicted molar refractivity (Wildman–Crippen MR) is 128 cm³/mol. The van der Waals surface area contributed by atoms with E-state index >= 15 is 0 Å². The first kappa shape index (κ1) is 23.2. The largest absolute Gasteiger partial charge is 0.489 e. The fraction of sp³-hybridized carbons (Fsp3) is 0.100. The van der Waals surface area contributed by atoms with Crippen molar-refractivity contribution in [1.29, 1.82) is 0 Å². The number of hydrogen-bond donors (Lipinski definition) is 0. The number of ether oxygens (including phenoxy) is 1. The Labute approximate surface area is 197 Å². The van der Waals surface area contributed by atoms with Gasteiger partial charge in [-0.3, -0.25) is 0 Å². The van der Waals surface area contributed by atoms with Crippen LogP contribution in [0.3, 0.4) is 0 Å². The summed E-state index contributed by atoms with van der Waals surface area (Å²) in [5, 5.41) is 0. The molecule has 0 aromatic heterocycles. The first-order valence-electron chi connectivity index (χ1n) is 10.8. The van der Waals surface area contributed by atoms with Gasteiger partial charge in [-0.05, 0) is 78.1 Å². The van der Waals surface area contributed by atoms with Crippen molar-refractivity contribution in [3.05, 3.63) is 143 Å². The highest BCUT2D eigenvalue weighted by Gasteiger charge is 2.29. The molecule has 169 valence electrons. The number of alkyl halides is 3. The Hall–Kier alpha value is -3.97. The summed E-state index contributed by atoms with van der Waals surface area (Å²) in [4.78, 5) is 0. The molecule has 1 nitrogen and oxygen atoms in total. The summed E-state index contributed by atoms with van der Waals surface area (Å²) in [6, 6.07) is 30.7. The topological polar surface area (TPSA) is 9.23 Å².